The average molecular weight is 285 g/mol. The Morgan fingerprint density at radius 2 is 2.10 bits per heavy atom. The van der Waals surface area contributed by atoms with Gasteiger partial charge in [-0.25, -0.2) is 0 Å². The summed E-state index contributed by atoms with van der Waals surface area (Å²) in [5, 5.41) is 22.7. The second kappa shape index (κ2) is 5.07. The average Bonchev–Trinajstić information content (AvgIpc) is 2.81. The summed E-state index contributed by atoms with van der Waals surface area (Å²) in [6, 6.07) is 13.0. The van der Waals surface area contributed by atoms with E-state index in [1.54, 1.807) is 30.3 Å². The first-order valence-corrected chi connectivity index (χ1v) is 6.83. The van der Waals surface area contributed by atoms with E-state index in [-0.39, 0.29) is 6.04 Å². The third-order valence-electron chi connectivity index (χ3n) is 3.64. The summed E-state index contributed by atoms with van der Waals surface area (Å²) in [6.07, 6.45) is 1.86. The molecule has 0 heterocycles. The third kappa shape index (κ3) is 2.31. The number of hydrogen-bond acceptors (Lipinski definition) is 3. The maximum absolute atomic E-state index is 9.51. The van der Waals surface area contributed by atoms with Gasteiger partial charge in [-0.2, -0.15) is 5.26 Å². The molecule has 0 saturated carbocycles. The highest BCUT2D eigenvalue weighted by molar-refractivity contribution is 6.30. The van der Waals surface area contributed by atoms with Gasteiger partial charge >= 0.3 is 0 Å². The minimum Gasteiger partial charge on any atom is -0.508 e. The van der Waals surface area contributed by atoms with Crippen molar-refractivity contribution in [1.82, 2.24) is 0 Å². The SMILES string of the molecule is N#Cc1ccc(Cl)cc1NC1CCc2cc(O)ccc21. The van der Waals surface area contributed by atoms with Crippen LogP contribution in [0.1, 0.15) is 29.2 Å². The van der Waals surface area contributed by atoms with Crippen LogP contribution in [0, 0.1) is 11.3 Å². The van der Waals surface area contributed by atoms with Crippen LogP contribution >= 0.6 is 11.6 Å². The Kier molecular flexibility index (Phi) is 3.25. The molecule has 1 atom stereocenters. The van der Waals surface area contributed by atoms with Crippen LogP contribution in [-0.2, 0) is 6.42 Å². The van der Waals surface area contributed by atoms with Gasteiger partial charge < -0.3 is 10.4 Å². The van der Waals surface area contributed by atoms with E-state index < -0.39 is 0 Å². The first kappa shape index (κ1) is 12.8. The smallest absolute Gasteiger partial charge is 0.115 e. The molecule has 4 heteroatoms. The Balaban J connectivity index is 1.91. The first-order valence-electron chi connectivity index (χ1n) is 6.45. The van der Waals surface area contributed by atoms with Crippen LogP contribution in [-0.4, -0.2) is 5.11 Å². The Bertz CT molecular complexity index is 706. The summed E-state index contributed by atoms with van der Waals surface area (Å²) >= 11 is 6.00. The molecule has 3 nitrogen and oxygen atoms in total. The van der Waals surface area contributed by atoms with Crippen molar-refractivity contribution >= 4 is 17.3 Å². The molecule has 0 bridgehead atoms. The minimum atomic E-state index is 0.149. The molecular weight excluding hydrogens is 272 g/mol. The van der Waals surface area contributed by atoms with Crippen LogP contribution in [0.25, 0.3) is 0 Å². The highest BCUT2D eigenvalue weighted by atomic mass is 35.5. The zero-order chi connectivity index (χ0) is 14.1. The molecule has 0 amide bonds. The number of aryl methyl sites for hydroxylation is 1. The fourth-order valence-corrected chi connectivity index (χ4v) is 2.85. The number of hydrogen-bond donors (Lipinski definition) is 2. The predicted molar refractivity (Wildman–Crippen MR) is 79.0 cm³/mol. The van der Waals surface area contributed by atoms with Crippen LogP contribution in [0.4, 0.5) is 5.69 Å². The number of fused-ring (bicyclic) bond motifs is 1. The minimum absolute atomic E-state index is 0.149. The van der Waals surface area contributed by atoms with Gasteiger partial charge in [0.05, 0.1) is 17.3 Å². The van der Waals surface area contributed by atoms with Crippen molar-refractivity contribution < 1.29 is 5.11 Å². The molecule has 2 N–H and O–H groups in total. The van der Waals surface area contributed by atoms with E-state index in [1.165, 1.54) is 5.56 Å². The summed E-state index contributed by atoms with van der Waals surface area (Å²) in [4.78, 5) is 0. The molecule has 1 unspecified atom stereocenters. The van der Waals surface area contributed by atoms with Crippen molar-refractivity contribution in [3.8, 4) is 11.8 Å². The maximum atomic E-state index is 9.51. The van der Waals surface area contributed by atoms with Crippen molar-refractivity contribution in [1.29, 1.82) is 5.26 Å². The van der Waals surface area contributed by atoms with Crippen molar-refractivity contribution in [3.05, 3.63) is 58.1 Å². The third-order valence-corrected chi connectivity index (χ3v) is 3.87. The standard InChI is InChI=1S/C16H13ClN2O/c17-12-3-1-11(9-18)16(8-12)19-15-6-2-10-7-13(20)4-5-14(10)15/h1,3-5,7-8,15,19-20H,2,6H2. The van der Waals surface area contributed by atoms with Gasteiger partial charge in [-0.1, -0.05) is 17.7 Å². The van der Waals surface area contributed by atoms with Gasteiger partial charge in [-0.3, -0.25) is 0 Å². The van der Waals surface area contributed by atoms with Crippen molar-refractivity contribution in [2.45, 2.75) is 18.9 Å². The zero-order valence-corrected chi connectivity index (χ0v) is 11.5. The molecule has 1 aliphatic carbocycles. The number of benzene rings is 2. The van der Waals surface area contributed by atoms with E-state index in [1.807, 2.05) is 6.07 Å². The van der Waals surface area contributed by atoms with Gasteiger partial charge in [-0.15, -0.1) is 0 Å². The zero-order valence-electron chi connectivity index (χ0n) is 10.7. The van der Waals surface area contributed by atoms with Crippen LogP contribution < -0.4 is 5.32 Å². The number of rotatable bonds is 2. The Hall–Kier alpha value is -2.18. The fraction of sp³-hybridized carbons (Fsp3) is 0.188. The molecule has 0 spiro atoms. The van der Waals surface area contributed by atoms with Gasteiger partial charge in [-0.05, 0) is 54.3 Å². The Morgan fingerprint density at radius 1 is 1.25 bits per heavy atom. The number of nitriles is 1. The molecule has 0 aliphatic heterocycles. The molecule has 0 fully saturated rings. The molecule has 2 aromatic rings. The molecule has 0 saturated heterocycles. The first-order chi connectivity index (χ1) is 9.67. The topological polar surface area (TPSA) is 56.0 Å². The van der Waals surface area contributed by atoms with Crippen molar-refractivity contribution in [3.63, 3.8) is 0 Å². The van der Waals surface area contributed by atoms with E-state index in [9.17, 15) is 5.11 Å². The number of nitrogens with one attached hydrogen (secondary N) is 1. The molecule has 2 aromatic carbocycles. The number of phenols is 1. The van der Waals surface area contributed by atoms with Crippen LogP contribution in [0.5, 0.6) is 5.75 Å². The quantitative estimate of drug-likeness (QED) is 0.876. The number of anilines is 1. The number of phenolic OH excluding ortho intramolecular Hbond substituents is 1. The van der Waals surface area contributed by atoms with Crippen molar-refractivity contribution in [2.24, 2.45) is 0 Å². The Labute approximate surface area is 122 Å². The van der Waals surface area contributed by atoms with E-state index in [4.69, 9.17) is 16.9 Å². The van der Waals surface area contributed by atoms with Crippen LogP contribution in [0.2, 0.25) is 5.02 Å². The summed E-state index contributed by atoms with van der Waals surface area (Å²) in [5.41, 5.74) is 3.67. The predicted octanol–water partition coefficient (Wildman–Crippen LogP) is 4.02. The number of nitrogens with zero attached hydrogens (tertiary/aromatic N) is 1. The summed E-state index contributed by atoms with van der Waals surface area (Å²) in [6.45, 7) is 0. The second-order valence-electron chi connectivity index (χ2n) is 4.92. The van der Waals surface area contributed by atoms with E-state index >= 15 is 0 Å². The highest BCUT2D eigenvalue weighted by Crippen LogP contribution is 2.36. The summed E-state index contributed by atoms with van der Waals surface area (Å²) in [5.74, 6) is 0.296. The molecular formula is C16H13ClN2O. The van der Waals surface area contributed by atoms with Crippen LogP contribution in [0.15, 0.2) is 36.4 Å². The van der Waals surface area contributed by atoms with Crippen molar-refractivity contribution in [2.75, 3.05) is 5.32 Å². The lowest BCUT2D eigenvalue weighted by Crippen LogP contribution is -2.08. The number of aromatic hydroxyl groups is 1. The largest absolute Gasteiger partial charge is 0.508 e. The molecule has 1 aliphatic rings. The second-order valence-corrected chi connectivity index (χ2v) is 5.36. The summed E-state index contributed by atoms with van der Waals surface area (Å²) in [7, 11) is 0. The van der Waals surface area contributed by atoms with E-state index in [0.29, 0.717) is 16.3 Å². The molecule has 0 radical (unpaired) electrons. The molecule has 20 heavy (non-hydrogen) atoms. The molecule has 0 aromatic heterocycles. The maximum Gasteiger partial charge on any atom is 0.115 e. The number of halogens is 1. The van der Waals surface area contributed by atoms with E-state index in [2.05, 4.69) is 11.4 Å². The van der Waals surface area contributed by atoms with Crippen LogP contribution in [0.3, 0.4) is 0 Å². The van der Waals surface area contributed by atoms with Gasteiger partial charge in [0, 0.05) is 5.02 Å². The van der Waals surface area contributed by atoms with Gasteiger partial charge in [0.2, 0.25) is 0 Å². The lowest BCUT2D eigenvalue weighted by Gasteiger charge is -2.17. The van der Waals surface area contributed by atoms with Gasteiger partial charge in [0.1, 0.15) is 11.8 Å². The van der Waals surface area contributed by atoms with Gasteiger partial charge in [0.15, 0.2) is 0 Å². The molecule has 100 valence electrons. The van der Waals surface area contributed by atoms with Gasteiger partial charge in [0.25, 0.3) is 0 Å². The monoisotopic (exact) mass is 284 g/mol. The lowest BCUT2D eigenvalue weighted by atomic mass is 10.1. The van der Waals surface area contributed by atoms with E-state index in [0.717, 1.165) is 24.1 Å². The lowest BCUT2D eigenvalue weighted by molar-refractivity contribution is 0.474. The summed E-state index contributed by atoms with van der Waals surface area (Å²) < 4.78 is 0. The fourth-order valence-electron chi connectivity index (χ4n) is 2.67. The normalized spacial score (nSPS) is 16.5. The molecule has 3 rings (SSSR count). The Morgan fingerprint density at radius 3 is 2.90 bits per heavy atom. The highest BCUT2D eigenvalue weighted by Gasteiger charge is 2.23.